The van der Waals surface area contributed by atoms with Gasteiger partial charge in [-0.1, -0.05) is 37.3 Å². The van der Waals surface area contributed by atoms with Crippen molar-refractivity contribution < 1.29 is 9.90 Å². The maximum Gasteiger partial charge on any atom is 0.331 e. The summed E-state index contributed by atoms with van der Waals surface area (Å²) < 4.78 is 1.27. The molecule has 0 spiro atoms. The van der Waals surface area contributed by atoms with Gasteiger partial charge >= 0.3 is 5.97 Å². The maximum atomic E-state index is 12.9. The number of carboxylic acid groups (broad SMARTS) is 1. The molecule has 3 aromatic rings. The van der Waals surface area contributed by atoms with Crippen LogP contribution in [-0.4, -0.2) is 20.6 Å². The Kier molecular flexibility index (Phi) is 4.00. The number of rotatable bonds is 4. The summed E-state index contributed by atoms with van der Waals surface area (Å²) in [7, 11) is 0. The van der Waals surface area contributed by atoms with Gasteiger partial charge in [-0.3, -0.25) is 9.36 Å². The van der Waals surface area contributed by atoms with Gasteiger partial charge in [-0.2, -0.15) is 0 Å². The molecule has 5 nitrogen and oxygen atoms in total. The topological polar surface area (TPSA) is 72.2 Å². The summed E-state index contributed by atoms with van der Waals surface area (Å²) in [6.45, 7) is 3.69. The number of nitrogens with zero attached hydrogens (tertiary/aromatic N) is 2. The van der Waals surface area contributed by atoms with Crippen LogP contribution in [0.25, 0.3) is 10.2 Å². The van der Waals surface area contributed by atoms with E-state index in [-0.39, 0.29) is 5.56 Å². The molecule has 0 amide bonds. The van der Waals surface area contributed by atoms with Crippen LogP contribution in [0.3, 0.4) is 0 Å². The minimum Gasteiger partial charge on any atom is -0.479 e. The normalized spacial score (nSPS) is 12.4. The molecule has 2 heterocycles. The van der Waals surface area contributed by atoms with Gasteiger partial charge in [-0.25, -0.2) is 9.78 Å². The molecular formula is C17H16N2O3S. The molecule has 1 unspecified atom stereocenters. The number of benzene rings is 1. The van der Waals surface area contributed by atoms with Gasteiger partial charge in [0.15, 0.2) is 6.04 Å². The van der Waals surface area contributed by atoms with E-state index in [0.717, 1.165) is 11.3 Å². The standard InChI is InChI=1S/C17H16N2O3S/c1-3-12-9-13-15(23-12)18-10(2)19(16(13)20)14(17(21)22)11-7-5-4-6-8-11/h4-9,14H,3H2,1-2H3,(H,21,22). The molecule has 0 radical (unpaired) electrons. The van der Waals surface area contributed by atoms with E-state index < -0.39 is 12.0 Å². The Bertz CT molecular complexity index is 928. The minimum atomic E-state index is -1.08. The fourth-order valence-electron chi connectivity index (χ4n) is 2.66. The lowest BCUT2D eigenvalue weighted by Crippen LogP contribution is -2.32. The Labute approximate surface area is 136 Å². The van der Waals surface area contributed by atoms with Gasteiger partial charge in [0.2, 0.25) is 0 Å². The van der Waals surface area contributed by atoms with Crippen LogP contribution >= 0.6 is 11.3 Å². The third kappa shape index (κ3) is 2.66. The largest absolute Gasteiger partial charge is 0.479 e. The molecule has 118 valence electrons. The molecule has 23 heavy (non-hydrogen) atoms. The van der Waals surface area contributed by atoms with Gasteiger partial charge in [0, 0.05) is 4.88 Å². The van der Waals surface area contributed by atoms with Gasteiger partial charge < -0.3 is 5.11 Å². The van der Waals surface area contributed by atoms with Crippen molar-refractivity contribution in [2.75, 3.05) is 0 Å². The van der Waals surface area contributed by atoms with Crippen molar-refractivity contribution in [3.63, 3.8) is 0 Å². The molecule has 0 fully saturated rings. The average Bonchev–Trinajstić information content (AvgIpc) is 2.95. The van der Waals surface area contributed by atoms with E-state index in [1.807, 2.05) is 19.1 Å². The molecule has 0 aliphatic rings. The summed E-state index contributed by atoms with van der Waals surface area (Å²) >= 11 is 1.48. The Balaban J connectivity index is 2.29. The zero-order chi connectivity index (χ0) is 16.6. The van der Waals surface area contributed by atoms with Crippen molar-refractivity contribution in [1.82, 2.24) is 9.55 Å². The Morgan fingerprint density at radius 1 is 1.35 bits per heavy atom. The molecule has 1 aromatic carbocycles. The highest BCUT2D eigenvalue weighted by atomic mass is 32.1. The van der Waals surface area contributed by atoms with E-state index in [2.05, 4.69) is 4.98 Å². The van der Waals surface area contributed by atoms with Gasteiger partial charge in [-0.15, -0.1) is 11.3 Å². The fourth-order valence-corrected chi connectivity index (χ4v) is 3.66. The second kappa shape index (κ2) is 5.96. The molecule has 0 saturated heterocycles. The second-order valence-corrected chi connectivity index (χ2v) is 6.39. The van der Waals surface area contributed by atoms with Gasteiger partial charge in [-0.05, 0) is 25.0 Å². The summed E-state index contributed by atoms with van der Waals surface area (Å²) in [4.78, 5) is 30.9. The molecule has 0 saturated carbocycles. The van der Waals surface area contributed by atoms with Crippen molar-refractivity contribution in [3.8, 4) is 0 Å². The lowest BCUT2D eigenvalue weighted by atomic mass is 10.1. The van der Waals surface area contributed by atoms with Gasteiger partial charge in [0.25, 0.3) is 5.56 Å². The summed E-state index contributed by atoms with van der Waals surface area (Å²) in [6, 6.07) is 9.49. The third-order valence-corrected chi connectivity index (χ3v) is 4.95. The van der Waals surface area contributed by atoms with E-state index in [1.165, 1.54) is 15.9 Å². The SMILES string of the molecule is CCc1cc2c(=O)n(C(C(=O)O)c3ccccc3)c(C)nc2s1. The number of aryl methyl sites for hydroxylation is 2. The summed E-state index contributed by atoms with van der Waals surface area (Å²) in [5.74, 6) is -0.670. The van der Waals surface area contributed by atoms with Crippen molar-refractivity contribution >= 4 is 27.5 Å². The number of carbonyl (C=O) groups is 1. The Hall–Kier alpha value is -2.47. The Morgan fingerprint density at radius 2 is 2.04 bits per heavy atom. The van der Waals surface area contributed by atoms with Gasteiger partial charge in [0.05, 0.1) is 5.39 Å². The average molecular weight is 328 g/mol. The highest BCUT2D eigenvalue weighted by Gasteiger charge is 2.26. The highest BCUT2D eigenvalue weighted by Crippen LogP contribution is 2.24. The van der Waals surface area contributed by atoms with Crippen LogP contribution < -0.4 is 5.56 Å². The quantitative estimate of drug-likeness (QED) is 0.799. The van der Waals surface area contributed by atoms with E-state index in [1.54, 1.807) is 31.2 Å². The first-order chi connectivity index (χ1) is 11.0. The first-order valence-corrected chi connectivity index (χ1v) is 8.14. The highest BCUT2D eigenvalue weighted by molar-refractivity contribution is 7.18. The van der Waals surface area contributed by atoms with Crippen molar-refractivity contribution in [2.24, 2.45) is 0 Å². The lowest BCUT2D eigenvalue weighted by molar-refractivity contribution is -0.139. The minimum absolute atomic E-state index is 0.306. The molecule has 1 N–H and O–H groups in total. The lowest BCUT2D eigenvalue weighted by Gasteiger charge is -2.18. The molecule has 1 atom stereocenters. The Morgan fingerprint density at radius 3 is 2.65 bits per heavy atom. The first kappa shape index (κ1) is 15.4. The van der Waals surface area contributed by atoms with E-state index in [4.69, 9.17) is 0 Å². The van der Waals surface area contributed by atoms with Crippen LogP contribution in [0.5, 0.6) is 0 Å². The molecule has 3 rings (SSSR count). The number of aromatic nitrogens is 2. The van der Waals surface area contributed by atoms with Crippen LogP contribution in [0.4, 0.5) is 0 Å². The number of hydrogen-bond donors (Lipinski definition) is 1. The van der Waals surface area contributed by atoms with Gasteiger partial charge in [0.1, 0.15) is 10.7 Å². The zero-order valence-electron chi connectivity index (χ0n) is 12.8. The number of carboxylic acids is 1. The van der Waals surface area contributed by atoms with Crippen LogP contribution in [-0.2, 0) is 11.2 Å². The molecule has 0 aliphatic carbocycles. The summed E-state index contributed by atoms with van der Waals surface area (Å²) in [5.41, 5.74) is 0.247. The molecule has 2 aromatic heterocycles. The molecule has 6 heteroatoms. The number of thiophene rings is 1. The van der Waals surface area contributed by atoms with E-state index in [9.17, 15) is 14.7 Å². The summed E-state index contributed by atoms with van der Waals surface area (Å²) in [5, 5.41) is 10.2. The van der Waals surface area contributed by atoms with Crippen molar-refractivity contribution in [1.29, 1.82) is 0 Å². The van der Waals surface area contributed by atoms with Crippen LogP contribution in [0, 0.1) is 6.92 Å². The predicted molar refractivity (Wildman–Crippen MR) is 90.2 cm³/mol. The summed E-state index contributed by atoms with van der Waals surface area (Å²) in [6.07, 6.45) is 0.820. The molecular weight excluding hydrogens is 312 g/mol. The van der Waals surface area contributed by atoms with E-state index >= 15 is 0 Å². The second-order valence-electron chi connectivity index (χ2n) is 5.27. The van der Waals surface area contributed by atoms with E-state index in [0.29, 0.717) is 21.6 Å². The zero-order valence-corrected chi connectivity index (χ0v) is 13.6. The number of aliphatic carboxylic acids is 1. The molecule has 0 aliphatic heterocycles. The van der Waals surface area contributed by atoms with Crippen molar-refractivity contribution in [2.45, 2.75) is 26.3 Å². The fraction of sp³-hybridized carbons (Fsp3) is 0.235. The van der Waals surface area contributed by atoms with Crippen LogP contribution in [0.15, 0.2) is 41.2 Å². The maximum absolute atomic E-state index is 12.9. The first-order valence-electron chi connectivity index (χ1n) is 7.32. The van der Waals surface area contributed by atoms with Crippen LogP contribution in [0.1, 0.15) is 29.2 Å². The van der Waals surface area contributed by atoms with Crippen LogP contribution in [0.2, 0.25) is 0 Å². The monoisotopic (exact) mass is 328 g/mol. The predicted octanol–water partition coefficient (Wildman–Crippen LogP) is 3.00. The van der Waals surface area contributed by atoms with Crippen molar-refractivity contribution in [3.05, 3.63) is 63.0 Å². The smallest absolute Gasteiger partial charge is 0.331 e. The molecule has 0 bridgehead atoms. The number of fused-ring (bicyclic) bond motifs is 1. The number of hydrogen-bond acceptors (Lipinski definition) is 4. The third-order valence-electron chi connectivity index (χ3n) is 3.78.